The molecule has 4 nitrogen and oxygen atoms in total. The van der Waals surface area contributed by atoms with E-state index < -0.39 is 0 Å². The fraction of sp³-hybridized carbons (Fsp3) is 0.286. The minimum Gasteiger partial charge on any atom is -0.497 e. The van der Waals surface area contributed by atoms with E-state index in [0.717, 1.165) is 47.7 Å². The van der Waals surface area contributed by atoms with Crippen molar-refractivity contribution in [2.45, 2.75) is 26.1 Å². The van der Waals surface area contributed by atoms with Crippen LogP contribution in [0.5, 0.6) is 11.6 Å². The number of nitrogens with zero attached hydrogens (tertiary/aromatic N) is 2. The number of rotatable bonds is 3. The molecule has 0 saturated heterocycles. The van der Waals surface area contributed by atoms with Gasteiger partial charge in [0.05, 0.1) is 12.6 Å². The van der Waals surface area contributed by atoms with Crippen LogP contribution in [0, 0.1) is 0 Å². The van der Waals surface area contributed by atoms with Gasteiger partial charge in [0.2, 0.25) is 5.88 Å². The number of aromatic nitrogens is 1. The molecule has 3 aromatic rings. The Labute approximate surface area is 148 Å². The molecule has 0 radical (unpaired) electrons. The molecule has 0 bridgehead atoms. The van der Waals surface area contributed by atoms with E-state index in [2.05, 4.69) is 54.3 Å². The van der Waals surface area contributed by atoms with Crippen LogP contribution in [0.2, 0.25) is 0 Å². The lowest BCUT2D eigenvalue weighted by atomic mass is 10.1. The first-order chi connectivity index (χ1) is 12.2. The van der Waals surface area contributed by atoms with E-state index in [0.29, 0.717) is 0 Å². The molecule has 1 aromatic heterocycles. The van der Waals surface area contributed by atoms with Gasteiger partial charge in [0, 0.05) is 36.7 Å². The number of benzene rings is 2. The summed E-state index contributed by atoms with van der Waals surface area (Å²) in [5.41, 5.74) is 3.36. The molecule has 4 heteroatoms. The molecule has 25 heavy (non-hydrogen) atoms. The first kappa shape index (κ1) is 15.9. The van der Waals surface area contributed by atoms with Crippen molar-refractivity contribution in [3.8, 4) is 11.6 Å². The molecule has 128 valence electrons. The molecule has 0 fully saturated rings. The Balaban J connectivity index is 1.67. The highest BCUT2D eigenvalue weighted by molar-refractivity contribution is 5.81. The normalized spacial score (nSPS) is 17.6. The third-order valence-electron chi connectivity index (χ3n) is 4.54. The quantitative estimate of drug-likeness (QED) is 0.724. The van der Waals surface area contributed by atoms with Gasteiger partial charge in [0.15, 0.2) is 0 Å². The predicted octanol–water partition coefficient (Wildman–Crippen LogP) is 4.03. The van der Waals surface area contributed by atoms with Gasteiger partial charge in [-0.2, -0.15) is 0 Å². The van der Waals surface area contributed by atoms with Crippen molar-refractivity contribution in [3.05, 3.63) is 65.7 Å². The summed E-state index contributed by atoms with van der Waals surface area (Å²) in [6.45, 7) is 4.73. The van der Waals surface area contributed by atoms with Crippen LogP contribution in [-0.4, -0.2) is 29.6 Å². The van der Waals surface area contributed by atoms with Gasteiger partial charge < -0.3 is 9.47 Å². The Kier molecular flexibility index (Phi) is 4.28. The molecule has 0 spiro atoms. The molecule has 0 N–H and O–H groups in total. The molecule has 1 aliphatic heterocycles. The smallest absolute Gasteiger partial charge is 0.218 e. The molecule has 1 atom stereocenters. The molecule has 4 rings (SSSR count). The summed E-state index contributed by atoms with van der Waals surface area (Å²) in [5, 5.41) is 1.11. The van der Waals surface area contributed by atoms with Gasteiger partial charge in [-0.25, -0.2) is 4.98 Å². The Morgan fingerprint density at radius 1 is 1.16 bits per heavy atom. The van der Waals surface area contributed by atoms with Crippen LogP contribution in [0.1, 0.15) is 18.1 Å². The molecular weight excluding hydrogens is 312 g/mol. The van der Waals surface area contributed by atoms with E-state index >= 15 is 0 Å². The van der Waals surface area contributed by atoms with Crippen LogP contribution in [0.25, 0.3) is 10.9 Å². The number of hydrogen-bond acceptors (Lipinski definition) is 4. The summed E-state index contributed by atoms with van der Waals surface area (Å²) >= 11 is 0. The zero-order valence-corrected chi connectivity index (χ0v) is 14.6. The zero-order valence-electron chi connectivity index (χ0n) is 14.6. The zero-order chi connectivity index (χ0) is 17.2. The lowest BCUT2D eigenvalue weighted by Gasteiger charge is -2.21. The second kappa shape index (κ2) is 6.73. The maximum atomic E-state index is 6.11. The molecule has 2 heterocycles. The van der Waals surface area contributed by atoms with Gasteiger partial charge in [-0.1, -0.05) is 30.3 Å². The minimum absolute atomic E-state index is 0.0977. The van der Waals surface area contributed by atoms with Gasteiger partial charge in [0.1, 0.15) is 11.9 Å². The third kappa shape index (κ3) is 3.44. The third-order valence-corrected chi connectivity index (χ3v) is 4.54. The Hall–Kier alpha value is -2.59. The highest BCUT2D eigenvalue weighted by atomic mass is 16.5. The van der Waals surface area contributed by atoms with Gasteiger partial charge >= 0.3 is 0 Å². The van der Waals surface area contributed by atoms with Crippen LogP contribution in [0.3, 0.4) is 0 Å². The number of methoxy groups -OCH3 is 1. The summed E-state index contributed by atoms with van der Waals surface area (Å²) in [7, 11) is 1.67. The van der Waals surface area contributed by atoms with Crippen LogP contribution in [-0.2, 0) is 13.1 Å². The predicted molar refractivity (Wildman–Crippen MR) is 98.9 cm³/mol. The van der Waals surface area contributed by atoms with Crippen LogP contribution < -0.4 is 9.47 Å². The van der Waals surface area contributed by atoms with Gasteiger partial charge in [0.25, 0.3) is 0 Å². The van der Waals surface area contributed by atoms with Crippen molar-refractivity contribution >= 4 is 10.9 Å². The minimum atomic E-state index is 0.0977. The van der Waals surface area contributed by atoms with E-state index in [4.69, 9.17) is 14.5 Å². The van der Waals surface area contributed by atoms with Crippen LogP contribution in [0.4, 0.5) is 0 Å². The SMILES string of the molecule is COc1ccc2cc3c(nc2c1)O[C@@H](C)CN(Cc1ccccc1)C3. The monoisotopic (exact) mass is 334 g/mol. The second-order valence-electron chi connectivity index (χ2n) is 6.59. The summed E-state index contributed by atoms with van der Waals surface area (Å²) in [5.74, 6) is 1.55. The van der Waals surface area contributed by atoms with E-state index in [9.17, 15) is 0 Å². The first-order valence-electron chi connectivity index (χ1n) is 8.62. The van der Waals surface area contributed by atoms with Gasteiger partial charge in [-0.05, 0) is 30.7 Å². The fourth-order valence-corrected chi connectivity index (χ4v) is 3.37. The lowest BCUT2D eigenvalue weighted by molar-refractivity contribution is 0.153. The molecule has 0 amide bonds. The maximum absolute atomic E-state index is 6.11. The molecular formula is C21H22N2O2. The Morgan fingerprint density at radius 3 is 2.80 bits per heavy atom. The van der Waals surface area contributed by atoms with Crippen molar-refractivity contribution in [1.29, 1.82) is 0 Å². The maximum Gasteiger partial charge on any atom is 0.218 e. The molecule has 0 saturated carbocycles. The molecule has 1 aliphatic rings. The Bertz CT molecular complexity index is 880. The van der Waals surface area contributed by atoms with Crippen molar-refractivity contribution in [2.75, 3.05) is 13.7 Å². The number of fused-ring (bicyclic) bond motifs is 2. The summed E-state index contributed by atoms with van der Waals surface area (Å²) in [4.78, 5) is 7.17. The number of hydrogen-bond donors (Lipinski definition) is 0. The van der Waals surface area contributed by atoms with Gasteiger partial charge in [-0.15, -0.1) is 0 Å². The van der Waals surface area contributed by atoms with E-state index in [1.54, 1.807) is 7.11 Å². The van der Waals surface area contributed by atoms with Crippen molar-refractivity contribution in [1.82, 2.24) is 9.88 Å². The van der Waals surface area contributed by atoms with Crippen molar-refractivity contribution < 1.29 is 9.47 Å². The summed E-state index contributed by atoms with van der Waals surface area (Å²) < 4.78 is 11.4. The average molecular weight is 334 g/mol. The fourth-order valence-electron chi connectivity index (χ4n) is 3.37. The topological polar surface area (TPSA) is 34.6 Å². The highest BCUT2D eigenvalue weighted by Gasteiger charge is 2.22. The van der Waals surface area contributed by atoms with Crippen molar-refractivity contribution in [3.63, 3.8) is 0 Å². The molecule has 2 aromatic carbocycles. The van der Waals surface area contributed by atoms with E-state index in [-0.39, 0.29) is 6.10 Å². The summed E-state index contributed by atoms with van der Waals surface area (Å²) in [6, 6.07) is 18.7. The van der Waals surface area contributed by atoms with E-state index in [1.807, 2.05) is 12.1 Å². The van der Waals surface area contributed by atoms with Crippen LogP contribution >= 0.6 is 0 Å². The second-order valence-corrected chi connectivity index (χ2v) is 6.59. The highest BCUT2D eigenvalue weighted by Crippen LogP contribution is 2.29. The van der Waals surface area contributed by atoms with E-state index in [1.165, 1.54) is 5.56 Å². The largest absolute Gasteiger partial charge is 0.497 e. The number of pyridine rings is 1. The Morgan fingerprint density at radius 2 is 2.00 bits per heavy atom. The number of ether oxygens (including phenoxy) is 2. The summed E-state index contributed by atoms with van der Waals surface area (Å²) in [6.07, 6.45) is 0.0977. The standard InChI is InChI=1S/C21H22N2O2/c1-15-12-23(13-16-6-4-3-5-7-16)14-18-10-17-8-9-19(24-2)11-20(17)22-21(18)25-15/h3-11,15H,12-14H2,1-2H3/t15-/m0/s1. The van der Waals surface area contributed by atoms with Crippen LogP contribution in [0.15, 0.2) is 54.6 Å². The first-order valence-corrected chi connectivity index (χ1v) is 8.62. The lowest BCUT2D eigenvalue weighted by Crippen LogP contribution is -2.30. The molecule has 0 unspecified atom stereocenters. The van der Waals surface area contributed by atoms with Gasteiger partial charge in [-0.3, -0.25) is 4.90 Å². The average Bonchev–Trinajstić information content (AvgIpc) is 2.77. The van der Waals surface area contributed by atoms with Crippen molar-refractivity contribution in [2.24, 2.45) is 0 Å². The molecule has 0 aliphatic carbocycles.